The highest BCUT2D eigenvalue weighted by molar-refractivity contribution is 5.89. The third-order valence-corrected chi connectivity index (χ3v) is 6.97. The molecular formula is C23H34N2O3. The molecule has 5 nitrogen and oxygen atoms in total. The zero-order valence-electron chi connectivity index (χ0n) is 16.9. The Morgan fingerprint density at radius 1 is 1.04 bits per heavy atom. The summed E-state index contributed by atoms with van der Waals surface area (Å²) in [5.41, 5.74) is 0.205. The number of benzene rings is 1. The van der Waals surface area contributed by atoms with Gasteiger partial charge in [0.15, 0.2) is 0 Å². The molecule has 28 heavy (non-hydrogen) atoms. The van der Waals surface area contributed by atoms with Crippen LogP contribution in [-0.4, -0.2) is 40.8 Å². The summed E-state index contributed by atoms with van der Waals surface area (Å²) in [5.74, 6) is 1.25. The summed E-state index contributed by atoms with van der Waals surface area (Å²) in [6, 6.07) is 7.65. The number of hydrogen-bond acceptors (Lipinski definition) is 3. The molecule has 2 aliphatic carbocycles. The average molecular weight is 387 g/mol. The number of piperidine rings is 1. The lowest BCUT2D eigenvalue weighted by atomic mass is 9.78. The molecule has 1 aromatic carbocycles. The van der Waals surface area contributed by atoms with Gasteiger partial charge in [0.1, 0.15) is 5.75 Å². The Morgan fingerprint density at radius 3 is 2.43 bits per heavy atom. The van der Waals surface area contributed by atoms with Gasteiger partial charge in [-0.1, -0.05) is 25.3 Å². The highest BCUT2D eigenvalue weighted by Gasteiger charge is 2.41. The van der Waals surface area contributed by atoms with Crippen molar-refractivity contribution in [3.63, 3.8) is 0 Å². The van der Waals surface area contributed by atoms with Crippen molar-refractivity contribution in [3.8, 4) is 5.75 Å². The quantitative estimate of drug-likeness (QED) is 0.770. The van der Waals surface area contributed by atoms with Crippen molar-refractivity contribution in [2.75, 3.05) is 18.4 Å². The van der Waals surface area contributed by atoms with E-state index < -0.39 is 5.60 Å². The van der Waals surface area contributed by atoms with E-state index in [1.54, 1.807) is 0 Å². The lowest BCUT2D eigenvalue weighted by Crippen LogP contribution is -2.50. The molecule has 2 amide bonds. The molecule has 0 radical (unpaired) electrons. The van der Waals surface area contributed by atoms with E-state index in [0.717, 1.165) is 37.1 Å². The molecule has 1 saturated heterocycles. The Hall–Kier alpha value is -1.75. The largest absolute Gasteiger partial charge is 0.490 e. The topological polar surface area (TPSA) is 61.8 Å². The molecule has 0 unspecified atom stereocenters. The minimum Gasteiger partial charge on any atom is -0.490 e. The van der Waals surface area contributed by atoms with Crippen molar-refractivity contribution in [2.24, 2.45) is 5.92 Å². The van der Waals surface area contributed by atoms with Crippen LogP contribution in [0.5, 0.6) is 5.75 Å². The predicted molar refractivity (Wildman–Crippen MR) is 111 cm³/mol. The number of amides is 2. The molecule has 4 rings (SSSR count). The maximum Gasteiger partial charge on any atom is 0.321 e. The number of hydrogen-bond donors (Lipinski definition) is 2. The van der Waals surface area contributed by atoms with Gasteiger partial charge < -0.3 is 20.1 Å². The lowest BCUT2D eigenvalue weighted by Gasteiger charge is -2.41. The van der Waals surface area contributed by atoms with Gasteiger partial charge in [-0.2, -0.15) is 0 Å². The molecule has 0 aromatic heterocycles. The normalized spacial score (nSPS) is 23.5. The second-order valence-corrected chi connectivity index (χ2v) is 8.91. The molecule has 1 heterocycles. The average Bonchev–Trinajstić information content (AvgIpc) is 3.25. The maximum atomic E-state index is 12.7. The van der Waals surface area contributed by atoms with Crippen molar-refractivity contribution < 1.29 is 14.6 Å². The van der Waals surface area contributed by atoms with Crippen molar-refractivity contribution in [3.05, 3.63) is 24.3 Å². The summed E-state index contributed by atoms with van der Waals surface area (Å²) in [5, 5.41) is 14.0. The van der Waals surface area contributed by atoms with Crippen LogP contribution >= 0.6 is 0 Å². The van der Waals surface area contributed by atoms with E-state index in [4.69, 9.17) is 4.74 Å². The second-order valence-electron chi connectivity index (χ2n) is 8.91. The highest BCUT2D eigenvalue weighted by atomic mass is 16.5. The van der Waals surface area contributed by atoms with E-state index in [1.807, 2.05) is 29.2 Å². The number of nitrogens with one attached hydrogen (secondary N) is 1. The van der Waals surface area contributed by atoms with Crippen LogP contribution in [0.15, 0.2) is 24.3 Å². The van der Waals surface area contributed by atoms with Crippen molar-refractivity contribution in [1.29, 1.82) is 0 Å². The fourth-order valence-electron chi connectivity index (χ4n) is 5.19. The standard InChI is InChI=1S/C23H34N2O3/c26-22(25-15-13-23(27,14-16-25)18-7-4-5-8-18)24-19-9-6-12-21(17-19)28-20-10-2-1-3-11-20/h6,9,12,17-18,20,27H,1-5,7-8,10-11,13-16H2,(H,24,26). The molecule has 0 atom stereocenters. The first kappa shape index (κ1) is 19.6. The van der Waals surface area contributed by atoms with E-state index in [1.165, 1.54) is 32.1 Å². The molecule has 1 aliphatic heterocycles. The monoisotopic (exact) mass is 386 g/mol. The van der Waals surface area contributed by atoms with Gasteiger partial charge in [0, 0.05) is 24.8 Å². The number of aliphatic hydroxyl groups is 1. The van der Waals surface area contributed by atoms with Crippen LogP contribution in [-0.2, 0) is 0 Å². The molecule has 154 valence electrons. The Balaban J connectivity index is 1.29. The summed E-state index contributed by atoms with van der Waals surface area (Å²) in [4.78, 5) is 14.5. The first-order valence-corrected chi connectivity index (χ1v) is 11.2. The first-order valence-electron chi connectivity index (χ1n) is 11.2. The van der Waals surface area contributed by atoms with Crippen molar-refractivity contribution >= 4 is 11.7 Å². The predicted octanol–water partition coefficient (Wildman–Crippen LogP) is 4.95. The number of anilines is 1. The first-order chi connectivity index (χ1) is 13.6. The zero-order valence-corrected chi connectivity index (χ0v) is 16.9. The fourth-order valence-corrected chi connectivity index (χ4v) is 5.19. The van der Waals surface area contributed by atoms with Crippen molar-refractivity contribution in [2.45, 2.75) is 82.3 Å². The van der Waals surface area contributed by atoms with Gasteiger partial charge in [-0.3, -0.25) is 0 Å². The SMILES string of the molecule is O=C(Nc1cccc(OC2CCCCC2)c1)N1CCC(O)(C2CCCC2)CC1. The van der Waals surface area contributed by atoms with Crippen LogP contribution in [0.2, 0.25) is 0 Å². The molecule has 0 spiro atoms. The van der Waals surface area contributed by atoms with E-state index >= 15 is 0 Å². The molecule has 3 fully saturated rings. The molecular weight excluding hydrogens is 352 g/mol. The summed E-state index contributed by atoms with van der Waals surface area (Å²) >= 11 is 0. The third kappa shape index (κ3) is 4.62. The highest BCUT2D eigenvalue weighted by Crippen LogP contribution is 2.40. The summed E-state index contributed by atoms with van der Waals surface area (Å²) in [6.45, 7) is 1.24. The number of urea groups is 1. The summed E-state index contributed by atoms with van der Waals surface area (Å²) in [6.07, 6.45) is 12.4. The number of carbonyl (C=O) groups excluding carboxylic acids is 1. The smallest absolute Gasteiger partial charge is 0.321 e. The Kier molecular flexibility index (Phi) is 6.10. The van der Waals surface area contributed by atoms with E-state index in [-0.39, 0.29) is 6.03 Å². The molecule has 2 saturated carbocycles. The second kappa shape index (κ2) is 8.73. The van der Waals surface area contributed by atoms with Crippen LogP contribution in [0.25, 0.3) is 0 Å². The van der Waals surface area contributed by atoms with Crippen LogP contribution < -0.4 is 10.1 Å². The minimum atomic E-state index is -0.568. The Morgan fingerprint density at radius 2 is 1.71 bits per heavy atom. The number of likely N-dealkylation sites (tertiary alicyclic amines) is 1. The van der Waals surface area contributed by atoms with Gasteiger partial charge in [-0.25, -0.2) is 4.79 Å². The third-order valence-electron chi connectivity index (χ3n) is 6.97. The summed E-state index contributed by atoms with van der Waals surface area (Å²) < 4.78 is 6.11. The van der Waals surface area contributed by atoms with Crippen molar-refractivity contribution in [1.82, 2.24) is 4.90 Å². The number of carbonyl (C=O) groups is 1. The van der Waals surface area contributed by atoms with E-state index in [9.17, 15) is 9.90 Å². The minimum absolute atomic E-state index is 0.0803. The van der Waals surface area contributed by atoms with Crippen LogP contribution in [0.1, 0.15) is 70.6 Å². The van der Waals surface area contributed by atoms with Gasteiger partial charge in [0.05, 0.1) is 11.7 Å². The van der Waals surface area contributed by atoms with Gasteiger partial charge >= 0.3 is 6.03 Å². The molecule has 1 aromatic rings. The number of nitrogens with zero attached hydrogens (tertiary/aromatic N) is 1. The Labute approximate surface area is 168 Å². The maximum absolute atomic E-state index is 12.7. The molecule has 5 heteroatoms. The van der Waals surface area contributed by atoms with Gasteiger partial charge in [-0.15, -0.1) is 0 Å². The van der Waals surface area contributed by atoms with E-state index in [2.05, 4.69) is 5.32 Å². The molecule has 3 aliphatic rings. The Bertz CT molecular complexity index is 658. The molecule has 0 bridgehead atoms. The number of ether oxygens (including phenoxy) is 1. The van der Waals surface area contributed by atoms with Crippen LogP contribution in [0.3, 0.4) is 0 Å². The lowest BCUT2D eigenvalue weighted by molar-refractivity contribution is -0.0574. The van der Waals surface area contributed by atoms with Gasteiger partial charge in [0.25, 0.3) is 0 Å². The summed E-state index contributed by atoms with van der Waals surface area (Å²) in [7, 11) is 0. The number of rotatable bonds is 4. The van der Waals surface area contributed by atoms with E-state index in [0.29, 0.717) is 38.0 Å². The van der Waals surface area contributed by atoms with Gasteiger partial charge in [-0.05, 0) is 69.4 Å². The zero-order chi connectivity index (χ0) is 19.4. The van der Waals surface area contributed by atoms with Crippen LogP contribution in [0, 0.1) is 5.92 Å². The molecule has 2 N–H and O–H groups in total. The van der Waals surface area contributed by atoms with Crippen LogP contribution in [0.4, 0.5) is 10.5 Å². The fraction of sp³-hybridized carbons (Fsp3) is 0.696. The van der Waals surface area contributed by atoms with Gasteiger partial charge in [0.2, 0.25) is 0 Å².